The summed E-state index contributed by atoms with van der Waals surface area (Å²) in [5.74, 6) is 0. The number of hydrogen-bond acceptors (Lipinski definition) is 1. The van der Waals surface area contributed by atoms with Gasteiger partial charge in [-0.25, -0.2) is 0 Å². The number of benzene rings is 9. The highest BCUT2D eigenvalue weighted by atomic mass is 16.3. The second-order valence-electron chi connectivity index (χ2n) is 13.2. The van der Waals surface area contributed by atoms with E-state index in [0.29, 0.717) is 0 Å². The van der Waals surface area contributed by atoms with Gasteiger partial charge in [-0.05, 0) is 83.7 Å². The predicted octanol–water partition coefficient (Wildman–Crippen LogP) is 14.2. The highest BCUT2D eigenvalue weighted by Crippen LogP contribution is 2.47. The minimum Gasteiger partial charge on any atom is -0.456 e. The molecule has 1 heterocycles. The third kappa shape index (κ3) is 4.78. The van der Waals surface area contributed by atoms with E-state index in [9.17, 15) is 0 Å². The van der Waals surface area contributed by atoms with Gasteiger partial charge < -0.3 is 4.42 Å². The standard InChI is InChI=1S/C50H32O/c1-3-15-33(16-4-1)37-19-7-8-20-39(37)49-38(31-32-46-50(49)44-25-13-14-26-45(44)51-46)34-27-29-36(30-28-34)48-42-23-11-9-21-40(42)47(35-17-5-2-6-18-35)41-22-10-12-24-43(41)48/h1-32H. The molecule has 10 aromatic rings. The van der Waals surface area contributed by atoms with Crippen LogP contribution in [-0.4, -0.2) is 0 Å². The van der Waals surface area contributed by atoms with Gasteiger partial charge in [-0.3, -0.25) is 0 Å². The van der Waals surface area contributed by atoms with Gasteiger partial charge in [-0.15, -0.1) is 0 Å². The molecule has 0 bridgehead atoms. The lowest BCUT2D eigenvalue weighted by molar-refractivity contribution is 0.669. The maximum Gasteiger partial charge on any atom is 0.136 e. The summed E-state index contributed by atoms with van der Waals surface area (Å²) in [5.41, 5.74) is 13.9. The largest absolute Gasteiger partial charge is 0.456 e. The average molecular weight is 649 g/mol. The first-order valence-corrected chi connectivity index (χ1v) is 17.5. The van der Waals surface area contributed by atoms with Crippen molar-refractivity contribution in [3.63, 3.8) is 0 Å². The van der Waals surface area contributed by atoms with E-state index in [4.69, 9.17) is 4.42 Å². The molecular weight excluding hydrogens is 617 g/mol. The first-order chi connectivity index (χ1) is 25.3. The number of rotatable bonds is 5. The lowest BCUT2D eigenvalue weighted by Crippen LogP contribution is -1.92. The Labute approximate surface area is 296 Å². The SMILES string of the molecule is c1ccc(-c2ccccc2-c2c(-c3ccc(-c4c5ccccc5c(-c5ccccc5)c5ccccc45)cc3)ccc3oc4ccccc4c23)cc1. The van der Waals surface area contributed by atoms with Gasteiger partial charge in [-0.1, -0.05) is 182 Å². The molecule has 0 aliphatic heterocycles. The van der Waals surface area contributed by atoms with Crippen LogP contribution >= 0.6 is 0 Å². The molecule has 51 heavy (non-hydrogen) atoms. The molecule has 1 aromatic heterocycles. The smallest absolute Gasteiger partial charge is 0.136 e. The minimum atomic E-state index is 0.894. The van der Waals surface area contributed by atoms with Crippen molar-refractivity contribution in [2.45, 2.75) is 0 Å². The van der Waals surface area contributed by atoms with Gasteiger partial charge in [0.15, 0.2) is 0 Å². The second kappa shape index (κ2) is 12.0. The van der Waals surface area contributed by atoms with Gasteiger partial charge in [0.2, 0.25) is 0 Å². The summed E-state index contributed by atoms with van der Waals surface area (Å²) in [6, 6.07) is 69.9. The Kier molecular flexibility index (Phi) is 6.89. The van der Waals surface area contributed by atoms with Crippen LogP contribution in [0.4, 0.5) is 0 Å². The molecule has 0 aliphatic rings. The van der Waals surface area contributed by atoms with Gasteiger partial charge in [0.1, 0.15) is 11.2 Å². The van der Waals surface area contributed by atoms with Gasteiger partial charge in [0.25, 0.3) is 0 Å². The van der Waals surface area contributed by atoms with Crippen molar-refractivity contribution >= 4 is 43.5 Å². The number of para-hydroxylation sites is 1. The van der Waals surface area contributed by atoms with Crippen molar-refractivity contribution in [1.29, 1.82) is 0 Å². The molecule has 1 nitrogen and oxygen atoms in total. The maximum absolute atomic E-state index is 6.45. The summed E-state index contributed by atoms with van der Waals surface area (Å²) in [5, 5.41) is 7.31. The van der Waals surface area contributed by atoms with E-state index < -0.39 is 0 Å². The number of hydrogen-bond donors (Lipinski definition) is 0. The van der Waals surface area contributed by atoms with Crippen LogP contribution in [0.1, 0.15) is 0 Å². The third-order valence-electron chi connectivity index (χ3n) is 10.3. The zero-order chi connectivity index (χ0) is 33.7. The molecule has 0 N–H and O–H groups in total. The van der Waals surface area contributed by atoms with Crippen LogP contribution in [-0.2, 0) is 0 Å². The third-order valence-corrected chi connectivity index (χ3v) is 10.3. The zero-order valence-corrected chi connectivity index (χ0v) is 27.9. The molecule has 1 heteroatoms. The number of fused-ring (bicyclic) bond motifs is 5. The summed E-state index contributed by atoms with van der Waals surface area (Å²) in [6.07, 6.45) is 0. The van der Waals surface area contributed by atoms with Crippen LogP contribution in [0, 0.1) is 0 Å². The fourth-order valence-corrected chi connectivity index (χ4v) is 8.08. The average Bonchev–Trinajstić information content (AvgIpc) is 3.59. The maximum atomic E-state index is 6.45. The molecule has 0 spiro atoms. The van der Waals surface area contributed by atoms with E-state index in [1.165, 1.54) is 77.2 Å². The van der Waals surface area contributed by atoms with Gasteiger partial charge in [0, 0.05) is 16.3 Å². The van der Waals surface area contributed by atoms with Gasteiger partial charge in [-0.2, -0.15) is 0 Å². The fourth-order valence-electron chi connectivity index (χ4n) is 8.08. The minimum absolute atomic E-state index is 0.894. The van der Waals surface area contributed by atoms with E-state index in [0.717, 1.165) is 21.9 Å². The van der Waals surface area contributed by atoms with Crippen LogP contribution < -0.4 is 0 Å². The van der Waals surface area contributed by atoms with Crippen molar-refractivity contribution in [2.75, 3.05) is 0 Å². The molecule has 9 aromatic carbocycles. The van der Waals surface area contributed by atoms with Gasteiger partial charge in [0.05, 0.1) is 0 Å². The van der Waals surface area contributed by atoms with Crippen molar-refractivity contribution in [3.8, 4) is 55.6 Å². The molecule has 0 aliphatic carbocycles. The summed E-state index contributed by atoms with van der Waals surface area (Å²) in [7, 11) is 0. The first kappa shape index (κ1) is 29.2. The first-order valence-electron chi connectivity index (χ1n) is 17.5. The van der Waals surface area contributed by atoms with Crippen LogP contribution in [0.3, 0.4) is 0 Å². The van der Waals surface area contributed by atoms with Crippen LogP contribution in [0.5, 0.6) is 0 Å². The van der Waals surface area contributed by atoms with Crippen LogP contribution in [0.25, 0.3) is 99.1 Å². The van der Waals surface area contributed by atoms with Crippen molar-refractivity contribution in [1.82, 2.24) is 0 Å². The summed E-state index contributed by atoms with van der Waals surface area (Å²) in [4.78, 5) is 0. The van der Waals surface area contributed by atoms with E-state index in [2.05, 4.69) is 188 Å². The molecular formula is C50H32O. The van der Waals surface area contributed by atoms with Crippen molar-refractivity contribution in [3.05, 3.63) is 194 Å². The Hall–Kier alpha value is -6.70. The Bertz CT molecular complexity index is 2820. The van der Waals surface area contributed by atoms with E-state index in [1.54, 1.807) is 0 Å². The number of furan rings is 1. The van der Waals surface area contributed by atoms with E-state index >= 15 is 0 Å². The summed E-state index contributed by atoms with van der Waals surface area (Å²) >= 11 is 0. The molecule has 0 saturated heterocycles. The molecule has 10 rings (SSSR count). The Morgan fingerprint density at radius 2 is 0.667 bits per heavy atom. The highest BCUT2D eigenvalue weighted by molar-refractivity contribution is 6.22. The van der Waals surface area contributed by atoms with Gasteiger partial charge >= 0.3 is 0 Å². The zero-order valence-electron chi connectivity index (χ0n) is 27.9. The summed E-state index contributed by atoms with van der Waals surface area (Å²) < 4.78 is 6.45. The van der Waals surface area contributed by atoms with E-state index in [-0.39, 0.29) is 0 Å². The monoisotopic (exact) mass is 648 g/mol. The Balaban J connectivity index is 1.21. The lowest BCUT2D eigenvalue weighted by atomic mass is 9.84. The molecule has 0 fully saturated rings. The molecule has 0 saturated carbocycles. The predicted molar refractivity (Wildman–Crippen MR) is 216 cm³/mol. The molecule has 238 valence electrons. The quantitative estimate of drug-likeness (QED) is 0.169. The lowest BCUT2D eigenvalue weighted by Gasteiger charge is -2.18. The molecule has 0 amide bonds. The molecule has 0 unspecified atom stereocenters. The fraction of sp³-hybridized carbons (Fsp3) is 0. The van der Waals surface area contributed by atoms with E-state index in [1.807, 2.05) is 6.07 Å². The normalized spacial score (nSPS) is 11.5. The van der Waals surface area contributed by atoms with Crippen molar-refractivity contribution in [2.24, 2.45) is 0 Å². The summed E-state index contributed by atoms with van der Waals surface area (Å²) in [6.45, 7) is 0. The Morgan fingerprint density at radius 3 is 1.27 bits per heavy atom. The van der Waals surface area contributed by atoms with Crippen molar-refractivity contribution < 1.29 is 4.42 Å². The van der Waals surface area contributed by atoms with Crippen LogP contribution in [0.2, 0.25) is 0 Å². The Morgan fingerprint density at radius 1 is 0.235 bits per heavy atom. The molecule has 0 atom stereocenters. The second-order valence-corrected chi connectivity index (χ2v) is 13.2. The van der Waals surface area contributed by atoms with Crippen LogP contribution in [0.15, 0.2) is 199 Å². The topological polar surface area (TPSA) is 13.1 Å². The highest BCUT2D eigenvalue weighted by Gasteiger charge is 2.21. The molecule has 0 radical (unpaired) electrons.